The number of carbonyl (C=O) groups excluding carboxylic acids is 1. The van der Waals surface area contributed by atoms with E-state index in [-0.39, 0.29) is 5.91 Å². The number of nitrogens with zero attached hydrogens (tertiary/aromatic N) is 1. The van der Waals surface area contributed by atoms with Crippen LogP contribution in [0, 0.1) is 6.92 Å². The van der Waals surface area contributed by atoms with Crippen molar-refractivity contribution in [3.05, 3.63) is 41.7 Å². The molecular weight excluding hydrogens is 302 g/mol. The number of amides is 1. The van der Waals surface area contributed by atoms with Crippen LogP contribution in [0.3, 0.4) is 0 Å². The predicted octanol–water partition coefficient (Wildman–Crippen LogP) is 2.27. The molecule has 1 unspecified atom stereocenters. The van der Waals surface area contributed by atoms with Crippen LogP contribution in [0.2, 0.25) is 0 Å². The molecule has 1 fully saturated rings. The number of pyridine rings is 1. The number of hydrogen-bond acceptors (Lipinski definition) is 4. The molecule has 1 aromatic heterocycles. The summed E-state index contributed by atoms with van der Waals surface area (Å²) < 4.78 is 5.66. The Kier molecular flexibility index (Phi) is 4.83. The minimum Gasteiger partial charge on any atom is -0.367 e. The Labute approximate surface area is 142 Å². The average molecular weight is 327 g/mol. The van der Waals surface area contributed by atoms with Crippen LogP contribution in [0.15, 0.2) is 30.3 Å². The summed E-state index contributed by atoms with van der Waals surface area (Å²) in [6.07, 6.45) is 0.472. The van der Waals surface area contributed by atoms with Gasteiger partial charge in [-0.2, -0.15) is 0 Å². The van der Waals surface area contributed by atoms with Crippen LogP contribution in [-0.4, -0.2) is 36.7 Å². The first kappa shape index (κ1) is 16.9. The van der Waals surface area contributed by atoms with E-state index in [1.165, 1.54) is 0 Å². The fraction of sp³-hybridized carbons (Fsp3) is 0.474. The van der Waals surface area contributed by atoms with Crippen molar-refractivity contribution in [2.24, 2.45) is 0 Å². The minimum absolute atomic E-state index is 0.0956. The second-order valence-electron chi connectivity index (χ2n) is 6.86. The molecule has 2 heterocycles. The number of nitrogens with one attached hydrogen (secondary N) is 2. The van der Waals surface area contributed by atoms with E-state index < -0.39 is 11.6 Å². The molecule has 2 N–H and O–H groups in total. The lowest BCUT2D eigenvalue weighted by molar-refractivity contribution is -0.133. The van der Waals surface area contributed by atoms with Crippen molar-refractivity contribution in [3.8, 4) is 0 Å². The maximum Gasteiger partial charge on any atom is 0.251 e. The highest BCUT2D eigenvalue weighted by molar-refractivity contribution is 5.87. The Bertz CT molecular complexity index is 734. The summed E-state index contributed by atoms with van der Waals surface area (Å²) in [5.74, 6) is -0.0956. The first-order valence-corrected chi connectivity index (χ1v) is 8.48. The van der Waals surface area contributed by atoms with Gasteiger partial charge >= 0.3 is 0 Å². The summed E-state index contributed by atoms with van der Waals surface area (Å²) in [5.41, 5.74) is 1.24. The van der Waals surface area contributed by atoms with Gasteiger partial charge in [-0.15, -0.1) is 0 Å². The summed E-state index contributed by atoms with van der Waals surface area (Å²) >= 11 is 0. The van der Waals surface area contributed by atoms with Gasteiger partial charge < -0.3 is 15.4 Å². The maximum atomic E-state index is 12.7. The number of ether oxygens (including phenoxy) is 1. The second-order valence-corrected chi connectivity index (χ2v) is 6.86. The lowest BCUT2D eigenvalue weighted by Gasteiger charge is -2.29. The number of fused-ring (bicyclic) bond motifs is 1. The fourth-order valence-corrected chi connectivity index (χ4v) is 3.14. The number of aryl methyl sites for hydroxylation is 1. The van der Waals surface area contributed by atoms with Gasteiger partial charge in [0.1, 0.15) is 6.10 Å². The molecule has 0 spiro atoms. The van der Waals surface area contributed by atoms with E-state index in [4.69, 9.17) is 9.72 Å². The third-order valence-corrected chi connectivity index (χ3v) is 4.34. The fourth-order valence-electron chi connectivity index (χ4n) is 3.14. The molecule has 1 aromatic carbocycles. The monoisotopic (exact) mass is 327 g/mol. The predicted molar refractivity (Wildman–Crippen MR) is 94.9 cm³/mol. The summed E-state index contributed by atoms with van der Waals surface area (Å²) in [4.78, 5) is 17.4. The molecule has 128 valence electrons. The van der Waals surface area contributed by atoms with Gasteiger partial charge in [-0.1, -0.05) is 24.3 Å². The Morgan fingerprint density at radius 1 is 1.38 bits per heavy atom. The molecule has 1 atom stereocenters. The normalized spacial score (nSPS) is 19.0. The van der Waals surface area contributed by atoms with E-state index in [2.05, 4.69) is 28.8 Å². The molecule has 2 aromatic rings. The highest BCUT2D eigenvalue weighted by atomic mass is 16.5. The smallest absolute Gasteiger partial charge is 0.251 e. The zero-order chi connectivity index (χ0) is 17.2. The van der Waals surface area contributed by atoms with E-state index in [9.17, 15) is 4.79 Å². The zero-order valence-electron chi connectivity index (χ0n) is 14.6. The van der Waals surface area contributed by atoms with Crippen molar-refractivity contribution in [3.63, 3.8) is 0 Å². The molecule has 1 aliphatic heterocycles. The number of aromatic nitrogens is 1. The topological polar surface area (TPSA) is 63.2 Å². The van der Waals surface area contributed by atoms with Crippen LogP contribution in [0.4, 0.5) is 0 Å². The van der Waals surface area contributed by atoms with Gasteiger partial charge in [0, 0.05) is 24.2 Å². The molecule has 1 saturated heterocycles. The Morgan fingerprint density at radius 3 is 3.00 bits per heavy atom. The van der Waals surface area contributed by atoms with Gasteiger partial charge in [-0.3, -0.25) is 9.78 Å². The third kappa shape index (κ3) is 3.57. The van der Waals surface area contributed by atoms with E-state index in [1.54, 1.807) is 0 Å². The number of hydrogen-bond donors (Lipinski definition) is 2. The lowest BCUT2D eigenvalue weighted by atomic mass is 9.94. The Morgan fingerprint density at radius 2 is 2.17 bits per heavy atom. The minimum atomic E-state index is -0.585. The average Bonchev–Trinajstić information content (AvgIpc) is 2.83. The first-order chi connectivity index (χ1) is 11.5. The lowest BCUT2D eigenvalue weighted by Crippen LogP contribution is -2.49. The second kappa shape index (κ2) is 6.87. The van der Waals surface area contributed by atoms with Crippen LogP contribution in [0.5, 0.6) is 0 Å². The quantitative estimate of drug-likeness (QED) is 0.908. The molecule has 3 rings (SSSR count). The molecule has 1 amide bonds. The summed E-state index contributed by atoms with van der Waals surface area (Å²) in [7, 11) is 0. The highest BCUT2D eigenvalue weighted by Crippen LogP contribution is 2.27. The molecule has 1 aliphatic rings. The van der Waals surface area contributed by atoms with Gasteiger partial charge in [0.05, 0.1) is 11.2 Å². The molecule has 24 heavy (non-hydrogen) atoms. The summed E-state index contributed by atoms with van der Waals surface area (Å²) in [6, 6.07) is 10.2. The largest absolute Gasteiger partial charge is 0.367 e. The van der Waals surface area contributed by atoms with E-state index in [0.29, 0.717) is 13.2 Å². The van der Waals surface area contributed by atoms with E-state index in [0.717, 1.165) is 35.1 Å². The zero-order valence-corrected chi connectivity index (χ0v) is 14.6. The van der Waals surface area contributed by atoms with Crippen LogP contribution in [0.25, 0.3) is 10.8 Å². The number of rotatable bonds is 3. The molecular formula is C19H25N3O2. The van der Waals surface area contributed by atoms with Crippen molar-refractivity contribution >= 4 is 16.7 Å². The van der Waals surface area contributed by atoms with Gasteiger partial charge in [0.25, 0.3) is 5.91 Å². The van der Waals surface area contributed by atoms with Crippen molar-refractivity contribution in [2.75, 3.05) is 19.7 Å². The van der Waals surface area contributed by atoms with Gasteiger partial charge in [-0.05, 0) is 45.2 Å². The van der Waals surface area contributed by atoms with Crippen molar-refractivity contribution < 1.29 is 9.53 Å². The number of benzene rings is 1. The van der Waals surface area contributed by atoms with Crippen LogP contribution >= 0.6 is 0 Å². The van der Waals surface area contributed by atoms with Crippen molar-refractivity contribution in [1.29, 1.82) is 0 Å². The van der Waals surface area contributed by atoms with Crippen LogP contribution in [-0.2, 0) is 15.1 Å². The molecule has 5 heteroatoms. The third-order valence-electron chi connectivity index (χ3n) is 4.34. The Balaban J connectivity index is 1.88. The standard InChI is InChI=1S/C19H25N3O2/c1-13-11-14-7-4-5-8-15(14)17(21-13)19(2,3)22-18(23)16-12-20-9-6-10-24-16/h4-5,7-8,11,16,20H,6,9-10,12H2,1-3H3,(H,22,23). The van der Waals surface area contributed by atoms with E-state index >= 15 is 0 Å². The van der Waals surface area contributed by atoms with Crippen LogP contribution < -0.4 is 10.6 Å². The summed E-state index contributed by atoms with van der Waals surface area (Å²) in [6.45, 7) is 8.00. The highest BCUT2D eigenvalue weighted by Gasteiger charge is 2.30. The van der Waals surface area contributed by atoms with Gasteiger partial charge in [0.15, 0.2) is 0 Å². The Hall–Kier alpha value is -1.98. The molecule has 0 aliphatic carbocycles. The molecule has 0 bridgehead atoms. The van der Waals surface area contributed by atoms with Crippen molar-refractivity contribution in [1.82, 2.24) is 15.6 Å². The van der Waals surface area contributed by atoms with Crippen LogP contribution in [0.1, 0.15) is 31.7 Å². The van der Waals surface area contributed by atoms with Gasteiger partial charge in [-0.25, -0.2) is 0 Å². The maximum absolute atomic E-state index is 12.7. The van der Waals surface area contributed by atoms with Crippen molar-refractivity contribution in [2.45, 2.75) is 38.8 Å². The van der Waals surface area contributed by atoms with E-state index in [1.807, 2.05) is 32.9 Å². The molecule has 0 radical (unpaired) electrons. The molecule has 0 saturated carbocycles. The SMILES string of the molecule is Cc1cc2ccccc2c(C(C)(C)NC(=O)C2CNCCCO2)n1. The van der Waals surface area contributed by atoms with Gasteiger partial charge in [0.2, 0.25) is 0 Å². The molecule has 5 nitrogen and oxygen atoms in total. The first-order valence-electron chi connectivity index (χ1n) is 8.48. The summed E-state index contributed by atoms with van der Waals surface area (Å²) in [5, 5.41) is 8.56. The number of carbonyl (C=O) groups is 1.